The van der Waals surface area contributed by atoms with Crippen LogP contribution >= 0.6 is 0 Å². The van der Waals surface area contributed by atoms with E-state index >= 15 is 0 Å². The lowest BCUT2D eigenvalue weighted by Gasteiger charge is -2.18. The van der Waals surface area contributed by atoms with Crippen molar-refractivity contribution in [3.63, 3.8) is 0 Å². The molecule has 1 rings (SSSR count). The highest BCUT2D eigenvalue weighted by Gasteiger charge is 2.15. The minimum Gasteiger partial charge on any atom is -0.503 e. The monoisotopic (exact) mass is 283 g/mol. The number of ether oxygens (including phenoxy) is 1. The molecule has 20 heavy (non-hydrogen) atoms. The number of phenols is 1. The number of halogens is 2. The Kier molecular flexibility index (Phi) is 4.92. The maximum atomic E-state index is 13.0. The van der Waals surface area contributed by atoms with Crippen LogP contribution in [0.3, 0.4) is 0 Å². The standard InChI is InChI=1S/C14H15F2NO3/c1-14(2,3)20-13(19)17-6-4-5-9-7-10(15)12(18)11(16)8-9/h7-8,18H,6H2,1-3H3,(H,17,19). The van der Waals surface area contributed by atoms with E-state index in [-0.39, 0.29) is 12.1 Å². The molecule has 0 aliphatic heterocycles. The zero-order chi connectivity index (χ0) is 15.3. The molecule has 0 aliphatic carbocycles. The second-order valence-corrected chi connectivity index (χ2v) is 4.95. The Hall–Kier alpha value is -2.29. The van der Waals surface area contributed by atoms with Crippen LogP contribution in [0.25, 0.3) is 0 Å². The van der Waals surface area contributed by atoms with Crippen molar-refractivity contribution in [2.45, 2.75) is 26.4 Å². The Labute approximate surface area is 115 Å². The van der Waals surface area contributed by atoms with Gasteiger partial charge in [-0.2, -0.15) is 0 Å². The normalized spacial score (nSPS) is 10.4. The van der Waals surface area contributed by atoms with Crippen LogP contribution in [0.5, 0.6) is 5.75 Å². The summed E-state index contributed by atoms with van der Waals surface area (Å²) in [6.45, 7) is 5.14. The molecule has 0 spiro atoms. The van der Waals surface area contributed by atoms with E-state index < -0.39 is 29.1 Å². The summed E-state index contributed by atoms with van der Waals surface area (Å²) in [5.41, 5.74) is -0.551. The topological polar surface area (TPSA) is 58.6 Å². The molecule has 1 amide bonds. The molecule has 4 nitrogen and oxygen atoms in total. The van der Waals surface area contributed by atoms with Gasteiger partial charge in [-0.25, -0.2) is 13.6 Å². The van der Waals surface area contributed by atoms with Crippen LogP contribution in [-0.2, 0) is 4.74 Å². The first-order chi connectivity index (χ1) is 9.19. The largest absolute Gasteiger partial charge is 0.503 e. The maximum absolute atomic E-state index is 13.0. The third kappa shape index (κ3) is 5.14. The third-order valence-electron chi connectivity index (χ3n) is 1.97. The zero-order valence-electron chi connectivity index (χ0n) is 11.4. The van der Waals surface area contributed by atoms with E-state index in [1.165, 1.54) is 0 Å². The Bertz CT molecular complexity index is 545. The van der Waals surface area contributed by atoms with Crippen molar-refractivity contribution >= 4 is 6.09 Å². The minimum absolute atomic E-state index is 0.0287. The van der Waals surface area contributed by atoms with Crippen LogP contribution in [0.4, 0.5) is 13.6 Å². The fraction of sp³-hybridized carbons (Fsp3) is 0.357. The molecule has 0 aliphatic rings. The number of amides is 1. The van der Waals surface area contributed by atoms with Crippen LogP contribution in [0.1, 0.15) is 26.3 Å². The molecular formula is C14H15F2NO3. The summed E-state index contributed by atoms with van der Waals surface area (Å²) in [5, 5.41) is 11.3. The van der Waals surface area contributed by atoms with Crippen LogP contribution in [0, 0.1) is 23.5 Å². The van der Waals surface area contributed by atoms with Gasteiger partial charge in [0.05, 0.1) is 6.54 Å². The molecule has 0 radical (unpaired) electrons. The van der Waals surface area contributed by atoms with E-state index in [2.05, 4.69) is 17.2 Å². The van der Waals surface area contributed by atoms with Crippen molar-refractivity contribution in [2.24, 2.45) is 0 Å². The lowest BCUT2D eigenvalue weighted by atomic mass is 10.2. The molecular weight excluding hydrogens is 268 g/mol. The van der Waals surface area contributed by atoms with Gasteiger partial charge in [-0.15, -0.1) is 0 Å². The number of benzene rings is 1. The summed E-state index contributed by atoms with van der Waals surface area (Å²) in [4.78, 5) is 11.3. The number of carbonyl (C=O) groups excluding carboxylic acids is 1. The van der Waals surface area contributed by atoms with Gasteiger partial charge >= 0.3 is 6.09 Å². The van der Waals surface area contributed by atoms with Crippen molar-refractivity contribution in [1.29, 1.82) is 0 Å². The first-order valence-corrected chi connectivity index (χ1v) is 5.83. The fourth-order valence-electron chi connectivity index (χ4n) is 1.21. The number of hydrogen-bond donors (Lipinski definition) is 2. The van der Waals surface area contributed by atoms with E-state index in [9.17, 15) is 13.6 Å². The van der Waals surface area contributed by atoms with Gasteiger partial charge in [-0.1, -0.05) is 11.8 Å². The molecule has 0 atom stereocenters. The number of rotatable bonds is 1. The van der Waals surface area contributed by atoms with Crippen molar-refractivity contribution in [2.75, 3.05) is 6.54 Å². The molecule has 0 heterocycles. The van der Waals surface area contributed by atoms with Crippen LogP contribution in [-0.4, -0.2) is 23.3 Å². The van der Waals surface area contributed by atoms with Crippen molar-refractivity contribution in [1.82, 2.24) is 5.32 Å². The number of phenolic OH excluding ortho intramolecular Hbond substituents is 1. The van der Waals surface area contributed by atoms with Crippen LogP contribution in [0.15, 0.2) is 12.1 Å². The van der Waals surface area contributed by atoms with Gasteiger partial charge in [0.1, 0.15) is 5.60 Å². The van der Waals surface area contributed by atoms with Crippen molar-refractivity contribution in [3.05, 3.63) is 29.3 Å². The molecule has 1 aromatic carbocycles. The molecule has 6 heteroatoms. The summed E-state index contributed by atoms with van der Waals surface area (Å²) in [6.07, 6.45) is -0.630. The van der Waals surface area contributed by atoms with E-state index in [1.54, 1.807) is 20.8 Å². The zero-order valence-corrected chi connectivity index (χ0v) is 11.4. The van der Waals surface area contributed by atoms with E-state index in [0.29, 0.717) is 0 Å². The van der Waals surface area contributed by atoms with Crippen molar-refractivity contribution < 1.29 is 23.4 Å². The van der Waals surface area contributed by atoms with E-state index in [1.807, 2.05) is 0 Å². The highest BCUT2D eigenvalue weighted by molar-refractivity contribution is 5.68. The summed E-state index contributed by atoms with van der Waals surface area (Å²) in [6, 6.07) is 1.80. The Morgan fingerprint density at radius 2 is 1.90 bits per heavy atom. The van der Waals surface area contributed by atoms with E-state index in [4.69, 9.17) is 9.84 Å². The highest BCUT2D eigenvalue weighted by atomic mass is 19.1. The SMILES string of the molecule is CC(C)(C)OC(=O)NCC#Cc1cc(F)c(O)c(F)c1. The first kappa shape index (κ1) is 15.8. The van der Waals surface area contributed by atoms with Crippen LogP contribution in [0.2, 0.25) is 0 Å². The first-order valence-electron chi connectivity index (χ1n) is 5.83. The third-order valence-corrected chi connectivity index (χ3v) is 1.97. The Morgan fingerprint density at radius 1 is 1.35 bits per heavy atom. The Morgan fingerprint density at radius 3 is 2.40 bits per heavy atom. The van der Waals surface area contributed by atoms with Crippen molar-refractivity contribution in [3.8, 4) is 17.6 Å². The molecule has 0 aromatic heterocycles. The average molecular weight is 283 g/mol. The molecule has 0 bridgehead atoms. The van der Waals surface area contributed by atoms with E-state index in [0.717, 1.165) is 12.1 Å². The molecule has 1 aromatic rings. The summed E-state index contributed by atoms with van der Waals surface area (Å²) in [5.74, 6) is 1.76. The lowest BCUT2D eigenvalue weighted by molar-refractivity contribution is 0.0535. The number of aromatic hydroxyl groups is 1. The molecule has 0 saturated heterocycles. The maximum Gasteiger partial charge on any atom is 0.408 e. The molecule has 2 N–H and O–H groups in total. The van der Waals surface area contributed by atoms with Crippen LogP contribution < -0.4 is 5.32 Å². The minimum atomic E-state index is -1.09. The molecule has 108 valence electrons. The van der Waals surface area contributed by atoms with Gasteiger partial charge in [0.15, 0.2) is 17.4 Å². The second kappa shape index (κ2) is 6.24. The number of hydrogen-bond acceptors (Lipinski definition) is 3. The summed E-state index contributed by atoms with van der Waals surface area (Å²) < 4.78 is 31.0. The number of nitrogens with one attached hydrogen (secondary N) is 1. The molecule has 0 saturated carbocycles. The van der Waals surface area contributed by atoms with Gasteiger partial charge in [0, 0.05) is 5.56 Å². The molecule has 0 fully saturated rings. The average Bonchev–Trinajstić information content (AvgIpc) is 2.29. The second-order valence-electron chi connectivity index (χ2n) is 4.95. The quantitative estimate of drug-likeness (QED) is 0.779. The summed E-state index contributed by atoms with van der Waals surface area (Å²) in [7, 11) is 0. The highest BCUT2D eigenvalue weighted by Crippen LogP contribution is 2.20. The predicted molar refractivity (Wildman–Crippen MR) is 69.1 cm³/mol. The number of alkyl carbamates (subject to hydrolysis) is 1. The lowest BCUT2D eigenvalue weighted by Crippen LogP contribution is -2.32. The number of carbonyl (C=O) groups is 1. The summed E-state index contributed by atoms with van der Waals surface area (Å²) >= 11 is 0. The molecule has 0 unspecified atom stereocenters. The van der Waals surface area contributed by atoms with Gasteiger partial charge in [-0.3, -0.25) is 0 Å². The van der Waals surface area contributed by atoms with Gasteiger partial charge in [0.25, 0.3) is 0 Å². The van der Waals surface area contributed by atoms with Gasteiger partial charge in [0.2, 0.25) is 0 Å². The fourth-order valence-corrected chi connectivity index (χ4v) is 1.21. The smallest absolute Gasteiger partial charge is 0.408 e. The van der Waals surface area contributed by atoms with Gasteiger partial charge in [-0.05, 0) is 32.9 Å². The van der Waals surface area contributed by atoms with Gasteiger partial charge < -0.3 is 15.2 Å². The predicted octanol–water partition coefficient (Wildman–Crippen LogP) is 2.55. The Balaban J connectivity index is 2.58.